The van der Waals surface area contributed by atoms with E-state index < -0.39 is 0 Å². The number of hydrogen-bond donors (Lipinski definition) is 1. The Balaban J connectivity index is 1.73. The van der Waals surface area contributed by atoms with E-state index in [9.17, 15) is 9.18 Å². The third-order valence-electron chi connectivity index (χ3n) is 4.36. The van der Waals surface area contributed by atoms with Gasteiger partial charge in [0.2, 0.25) is 5.91 Å². The van der Waals surface area contributed by atoms with Crippen LogP contribution >= 0.6 is 11.3 Å². The standard InChI is InChI=1S/C18H16FN3O2S/c1-24-11-4-5-13(16(19)7-11)14-8-17(23)21-18-15(14)9-20-22(18)10-12-3-2-6-25-12/h2-7,9,14H,8,10H2,1H3,(H,21,23)/t14-/m0/s1. The summed E-state index contributed by atoms with van der Waals surface area (Å²) in [5.74, 6) is 0.225. The summed E-state index contributed by atoms with van der Waals surface area (Å²) in [4.78, 5) is 13.3. The predicted octanol–water partition coefficient (Wildman–Crippen LogP) is 3.61. The summed E-state index contributed by atoms with van der Waals surface area (Å²) in [6, 6.07) is 8.73. The first-order chi connectivity index (χ1) is 12.2. The Morgan fingerprint density at radius 3 is 3.00 bits per heavy atom. The van der Waals surface area contributed by atoms with E-state index >= 15 is 0 Å². The van der Waals surface area contributed by atoms with Gasteiger partial charge >= 0.3 is 0 Å². The fourth-order valence-corrected chi connectivity index (χ4v) is 3.82. The zero-order valence-corrected chi connectivity index (χ0v) is 14.3. The first-order valence-corrected chi connectivity index (χ1v) is 8.75. The number of rotatable bonds is 4. The van der Waals surface area contributed by atoms with Crippen LogP contribution in [0.2, 0.25) is 0 Å². The lowest BCUT2D eigenvalue weighted by Gasteiger charge is -2.24. The summed E-state index contributed by atoms with van der Waals surface area (Å²) >= 11 is 1.63. The number of benzene rings is 1. The van der Waals surface area contributed by atoms with Crippen LogP contribution in [0.5, 0.6) is 5.75 Å². The number of anilines is 1. The van der Waals surface area contributed by atoms with E-state index in [4.69, 9.17) is 4.74 Å². The van der Waals surface area contributed by atoms with Crippen LogP contribution in [0.4, 0.5) is 10.2 Å². The zero-order valence-electron chi connectivity index (χ0n) is 13.5. The van der Waals surface area contributed by atoms with Crippen molar-refractivity contribution < 1.29 is 13.9 Å². The Labute approximate surface area is 148 Å². The van der Waals surface area contributed by atoms with Gasteiger partial charge in [0, 0.05) is 28.8 Å². The topological polar surface area (TPSA) is 56.1 Å². The molecule has 128 valence electrons. The predicted molar refractivity (Wildman–Crippen MR) is 93.7 cm³/mol. The van der Waals surface area contributed by atoms with Gasteiger partial charge in [-0.2, -0.15) is 5.10 Å². The molecule has 3 aromatic rings. The number of fused-ring (bicyclic) bond motifs is 1. The van der Waals surface area contributed by atoms with Gasteiger partial charge in [0.1, 0.15) is 17.4 Å². The molecule has 4 rings (SSSR count). The number of halogens is 1. The summed E-state index contributed by atoms with van der Waals surface area (Å²) in [6.45, 7) is 0.574. The number of carbonyl (C=O) groups is 1. The molecule has 0 spiro atoms. The number of aromatic nitrogens is 2. The molecule has 0 bridgehead atoms. The van der Waals surface area contributed by atoms with Gasteiger partial charge in [-0.3, -0.25) is 4.79 Å². The molecule has 3 heterocycles. The molecule has 1 aromatic carbocycles. The molecule has 0 radical (unpaired) electrons. The normalized spacial score (nSPS) is 16.4. The highest BCUT2D eigenvalue weighted by atomic mass is 32.1. The van der Waals surface area contributed by atoms with E-state index in [0.717, 1.165) is 10.4 Å². The largest absolute Gasteiger partial charge is 0.497 e. The second-order valence-corrected chi connectivity index (χ2v) is 6.91. The quantitative estimate of drug-likeness (QED) is 0.776. The molecule has 0 saturated heterocycles. The number of thiophene rings is 1. The smallest absolute Gasteiger partial charge is 0.226 e. The average Bonchev–Trinajstić information content (AvgIpc) is 3.25. The van der Waals surface area contributed by atoms with Gasteiger partial charge in [-0.1, -0.05) is 12.1 Å². The molecular formula is C18H16FN3O2S. The Hall–Kier alpha value is -2.67. The second kappa shape index (κ2) is 6.33. The minimum Gasteiger partial charge on any atom is -0.497 e. The molecule has 1 N–H and O–H groups in total. The van der Waals surface area contributed by atoms with Crippen LogP contribution in [0, 0.1) is 5.82 Å². The Morgan fingerprint density at radius 1 is 1.40 bits per heavy atom. The molecule has 1 atom stereocenters. The minimum atomic E-state index is -0.379. The summed E-state index contributed by atoms with van der Waals surface area (Å²) in [5.41, 5.74) is 1.31. The van der Waals surface area contributed by atoms with Gasteiger partial charge in [0.25, 0.3) is 0 Å². The van der Waals surface area contributed by atoms with Gasteiger partial charge < -0.3 is 10.1 Å². The maximum atomic E-state index is 14.5. The number of nitrogens with zero attached hydrogens (tertiary/aromatic N) is 2. The van der Waals surface area contributed by atoms with Gasteiger partial charge in [-0.15, -0.1) is 11.3 Å². The highest BCUT2D eigenvalue weighted by Gasteiger charge is 2.31. The van der Waals surface area contributed by atoms with Crippen LogP contribution in [0.3, 0.4) is 0 Å². The third-order valence-corrected chi connectivity index (χ3v) is 5.22. The van der Waals surface area contributed by atoms with Crippen molar-refractivity contribution in [3.05, 3.63) is 63.7 Å². The van der Waals surface area contributed by atoms with Gasteiger partial charge in [-0.05, 0) is 23.1 Å². The van der Waals surface area contributed by atoms with Crippen LogP contribution in [-0.4, -0.2) is 22.8 Å². The van der Waals surface area contributed by atoms with E-state index in [1.54, 1.807) is 34.3 Å². The number of amides is 1. The Kier molecular flexibility index (Phi) is 4.01. The lowest BCUT2D eigenvalue weighted by Crippen LogP contribution is -2.25. The van der Waals surface area contributed by atoms with Gasteiger partial charge in [0.05, 0.1) is 19.9 Å². The van der Waals surface area contributed by atoms with Crippen molar-refractivity contribution in [2.24, 2.45) is 0 Å². The van der Waals surface area contributed by atoms with Crippen molar-refractivity contribution in [2.45, 2.75) is 18.9 Å². The summed E-state index contributed by atoms with van der Waals surface area (Å²) in [5, 5.41) is 9.29. The Morgan fingerprint density at radius 2 is 2.28 bits per heavy atom. The average molecular weight is 357 g/mol. The van der Waals surface area contributed by atoms with E-state index in [1.165, 1.54) is 13.2 Å². The van der Waals surface area contributed by atoms with Crippen molar-refractivity contribution >= 4 is 23.1 Å². The fraction of sp³-hybridized carbons (Fsp3) is 0.222. The number of carbonyl (C=O) groups excluding carboxylic acids is 1. The molecule has 2 aromatic heterocycles. The number of methoxy groups -OCH3 is 1. The molecule has 1 amide bonds. The number of nitrogens with one attached hydrogen (secondary N) is 1. The van der Waals surface area contributed by atoms with Gasteiger partial charge in [0.15, 0.2) is 0 Å². The van der Waals surface area contributed by atoms with Crippen LogP contribution in [0.1, 0.15) is 28.3 Å². The summed E-state index contributed by atoms with van der Waals surface area (Å²) < 4.78 is 21.3. The molecule has 0 fully saturated rings. The molecule has 5 nitrogen and oxygen atoms in total. The maximum absolute atomic E-state index is 14.5. The molecule has 25 heavy (non-hydrogen) atoms. The van der Waals surface area contributed by atoms with Crippen LogP contribution in [-0.2, 0) is 11.3 Å². The summed E-state index contributed by atoms with van der Waals surface area (Å²) in [6.07, 6.45) is 1.91. The lowest BCUT2D eigenvalue weighted by atomic mass is 9.87. The number of ether oxygens (including phenoxy) is 1. The van der Waals surface area contributed by atoms with E-state index in [0.29, 0.717) is 23.7 Å². The minimum absolute atomic E-state index is 0.138. The summed E-state index contributed by atoms with van der Waals surface area (Å²) in [7, 11) is 1.50. The molecule has 0 unspecified atom stereocenters. The zero-order chi connectivity index (χ0) is 17.4. The molecule has 1 aliphatic heterocycles. The van der Waals surface area contributed by atoms with E-state index in [1.807, 2.05) is 17.5 Å². The highest BCUT2D eigenvalue weighted by molar-refractivity contribution is 7.09. The first kappa shape index (κ1) is 15.8. The Bertz CT molecular complexity index is 921. The molecule has 1 aliphatic rings. The lowest BCUT2D eigenvalue weighted by molar-refractivity contribution is -0.116. The highest BCUT2D eigenvalue weighted by Crippen LogP contribution is 2.39. The van der Waals surface area contributed by atoms with Gasteiger partial charge in [-0.25, -0.2) is 9.07 Å². The van der Waals surface area contributed by atoms with Crippen molar-refractivity contribution in [2.75, 3.05) is 12.4 Å². The monoisotopic (exact) mass is 357 g/mol. The molecule has 7 heteroatoms. The maximum Gasteiger partial charge on any atom is 0.226 e. The number of hydrogen-bond acceptors (Lipinski definition) is 4. The molecule has 0 aliphatic carbocycles. The van der Waals surface area contributed by atoms with Crippen molar-refractivity contribution in [3.8, 4) is 5.75 Å². The van der Waals surface area contributed by atoms with Crippen molar-refractivity contribution in [3.63, 3.8) is 0 Å². The third kappa shape index (κ3) is 2.91. The van der Waals surface area contributed by atoms with E-state index in [2.05, 4.69) is 10.4 Å². The SMILES string of the molecule is COc1ccc([C@@H]2CC(=O)Nc3c2cnn3Cc2cccs2)c(F)c1. The van der Waals surface area contributed by atoms with Crippen LogP contribution in [0.25, 0.3) is 0 Å². The fourth-order valence-electron chi connectivity index (χ4n) is 3.13. The first-order valence-electron chi connectivity index (χ1n) is 7.87. The van der Waals surface area contributed by atoms with Crippen molar-refractivity contribution in [1.29, 1.82) is 0 Å². The van der Waals surface area contributed by atoms with E-state index in [-0.39, 0.29) is 24.1 Å². The molecule has 0 saturated carbocycles. The van der Waals surface area contributed by atoms with Crippen LogP contribution in [0.15, 0.2) is 41.9 Å². The molecular weight excluding hydrogens is 341 g/mol. The second-order valence-electron chi connectivity index (χ2n) is 5.88. The van der Waals surface area contributed by atoms with Crippen molar-refractivity contribution in [1.82, 2.24) is 9.78 Å². The van der Waals surface area contributed by atoms with Crippen LogP contribution < -0.4 is 10.1 Å².